The maximum absolute atomic E-state index is 11.2. The third-order valence-corrected chi connectivity index (χ3v) is 2.42. The number of carbonyl (C=O) groups is 1. The van der Waals surface area contributed by atoms with Gasteiger partial charge in [0.25, 0.3) is 0 Å². The Bertz CT molecular complexity index is 118. The molecular weight excluding hydrogens is 124 g/mol. The van der Waals surface area contributed by atoms with Crippen LogP contribution in [-0.4, -0.2) is 5.78 Å². The van der Waals surface area contributed by atoms with E-state index in [1.807, 2.05) is 0 Å². The van der Waals surface area contributed by atoms with Crippen molar-refractivity contribution >= 4 is 5.78 Å². The van der Waals surface area contributed by atoms with Gasteiger partial charge < -0.3 is 0 Å². The van der Waals surface area contributed by atoms with Crippen LogP contribution in [0.3, 0.4) is 0 Å². The van der Waals surface area contributed by atoms with E-state index in [4.69, 9.17) is 0 Å². The molecule has 1 aliphatic carbocycles. The van der Waals surface area contributed by atoms with Gasteiger partial charge in [-0.25, -0.2) is 0 Å². The normalized spacial score (nSPS) is 28.1. The summed E-state index contributed by atoms with van der Waals surface area (Å²) in [5, 5.41) is 0. The number of hydrogen-bond acceptors (Lipinski definition) is 1. The first-order chi connectivity index (χ1) is 4.84. The standard InChI is InChI=1S/C9H16O/c1-2-8-6-4-3-5-7-9(8)10/h8H,2-7H2,1H3. The molecule has 10 heavy (non-hydrogen) atoms. The van der Waals surface area contributed by atoms with Gasteiger partial charge >= 0.3 is 0 Å². The van der Waals surface area contributed by atoms with Crippen LogP contribution in [0.2, 0.25) is 0 Å². The fourth-order valence-electron chi connectivity index (χ4n) is 1.66. The molecule has 1 saturated carbocycles. The summed E-state index contributed by atoms with van der Waals surface area (Å²) in [4.78, 5) is 11.2. The molecule has 1 unspecified atom stereocenters. The summed E-state index contributed by atoms with van der Waals surface area (Å²) in [5.41, 5.74) is 0. The molecule has 0 aromatic rings. The molecule has 58 valence electrons. The van der Waals surface area contributed by atoms with Gasteiger partial charge in [-0.05, 0) is 19.3 Å². The second-order valence-electron chi connectivity index (χ2n) is 3.17. The zero-order chi connectivity index (χ0) is 7.40. The van der Waals surface area contributed by atoms with Crippen molar-refractivity contribution in [2.45, 2.75) is 45.4 Å². The van der Waals surface area contributed by atoms with Gasteiger partial charge in [0.15, 0.2) is 0 Å². The quantitative estimate of drug-likeness (QED) is 0.511. The van der Waals surface area contributed by atoms with E-state index in [1.54, 1.807) is 0 Å². The third kappa shape index (κ3) is 1.83. The molecule has 0 radical (unpaired) electrons. The Hall–Kier alpha value is -0.330. The van der Waals surface area contributed by atoms with Crippen LogP contribution in [0, 0.1) is 5.92 Å². The Kier molecular flexibility index (Phi) is 2.91. The fourth-order valence-corrected chi connectivity index (χ4v) is 1.66. The molecule has 1 fully saturated rings. The summed E-state index contributed by atoms with van der Waals surface area (Å²) < 4.78 is 0. The molecule has 0 aromatic carbocycles. The molecule has 1 atom stereocenters. The van der Waals surface area contributed by atoms with Gasteiger partial charge in [-0.3, -0.25) is 4.79 Å². The van der Waals surface area contributed by atoms with Crippen molar-refractivity contribution in [1.82, 2.24) is 0 Å². The first-order valence-electron chi connectivity index (χ1n) is 4.37. The molecule has 1 heteroatoms. The van der Waals surface area contributed by atoms with Crippen LogP contribution in [0.1, 0.15) is 45.4 Å². The van der Waals surface area contributed by atoms with Gasteiger partial charge in [-0.2, -0.15) is 0 Å². The Morgan fingerprint density at radius 3 is 2.90 bits per heavy atom. The van der Waals surface area contributed by atoms with Gasteiger partial charge in [0.1, 0.15) is 5.78 Å². The van der Waals surface area contributed by atoms with Crippen molar-refractivity contribution in [3.8, 4) is 0 Å². The minimum absolute atomic E-state index is 0.405. The highest BCUT2D eigenvalue weighted by Crippen LogP contribution is 2.21. The van der Waals surface area contributed by atoms with E-state index in [-0.39, 0.29) is 0 Å². The van der Waals surface area contributed by atoms with Crippen molar-refractivity contribution in [3.63, 3.8) is 0 Å². The van der Waals surface area contributed by atoms with Gasteiger partial charge in [-0.15, -0.1) is 0 Å². The van der Waals surface area contributed by atoms with Crippen molar-refractivity contribution in [2.24, 2.45) is 5.92 Å². The first kappa shape index (κ1) is 7.77. The van der Waals surface area contributed by atoms with Gasteiger partial charge in [0, 0.05) is 12.3 Å². The Labute approximate surface area is 62.8 Å². The van der Waals surface area contributed by atoms with Crippen molar-refractivity contribution in [3.05, 3.63) is 0 Å². The summed E-state index contributed by atoms with van der Waals surface area (Å²) in [6, 6.07) is 0. The summed E-state index contributed by atoms with van der Waals surface area (Å²) in [5.74, 6) is 0.919. The van der Waals surface area contributed by atoms with Crippen LogP contribution in [0.15, 0.2) is 0 Å². The number of rotatable bonds is 1. The predicted molar refractivity (Wildman–Crippen MR) is 41.9 cm³/mol. The van der Waals surface area contributed by atoms with Crippen LogP contribution in [0.25, 0.3) is 0 Å². The maximum Gasteiger partial charge on any atom is 0.135 e. The molecule has 1 aliphatic rings. The molecule has 0 aromatic heterocycles. The Balaban J connectivity index is 2.43. The molecule has 1 rings (SSSR count). The van der Waals surface area contributed by atoms with E-state index in [0.29, 0.717) is 11.7 Å². The van der Waals surface area contributed by atoms with E-state index in [0.717, 1.165) is 25.7 Å². The zero-order valence-electron chi connectivity index (χ0n) is 6.73. The zero-order valence-corrected chi connectivity index (χ0v) is 6.73. The molecule has 1 nitrogen and oxygen atoms in total. The number of hydrogen-bond donors (Lipinski definition) is 0. The minimum atomic E-state index is 0.405. The maximum atomic E-state index is 11.2. The SMILES string of the molecule is CCC1CCCCCC1=O. The average molecular weight is 140 g/mol. The van der Waals surface area contributed by atoms with E-state index < -0.39 is 0 Å². The van der Waals surface area contributed by atoms with Crippen LogP contribution in [0.5, 0.6) is 0 Å². The monoisotopic (exact) mass is 140 g/mol. The lowest BCUT2D eigenvalue weighted by molar-refractivity contribution is -0.122. The van der Waals surface area contributed by atoms with Gasteiger partial charge in [0.05, 0.1) is 0 Å². The molecule has 0 saturated heterocycles. The molecule has 0 aliphatic heterocycles. The predicted octanol–water partition coefficient (Wildman–Crippen LogP) is 2.55. The van der Waals surface area contributed by atoms with Crippen LogP contribution in [-0.2, 0) is 4.79 Å². The fraction of sp³-hybridized carbons (Fsp3) is 0.889. The summed E-state index contributed by atoms with van der Waals surface area (Å²) >= 11 is 0. The highest BCUT2D eigenvalue weighted by molar-refractivity contribution is 5.81. The van der Waals surface area contributed by atoms with Crippen LogP contribution in [0.4, 0.5) is 0 Å². The van der Waals surface area contributed by atoms with Crippen molar-refractivity contribution in [1.29, 1.82) is 0 Å². The lowest BCUT2D eigenvalue weighted by atomic mass is 9.96. The van der Waals surface area contributed by atoms with E-state index in [2.05, 4.69) is 6.92 Å². The molecular formula is C9H16O. The van der Waals surface area contributed by atoms with Gasteiger partial charge in [0.2, 0.25) is 0 Å². The molecule has 0 bridgehead atoms. The molecule has 0 amide bonds. The highest BCUT2D eigenvalue weighted by atomic mass is 16.1. The number of carbonyl (C=O) groups excluding carboxylic acids is 1. The topological polar surface area (TPSA) is 17.1 Å². The van der Waals surface area contributed by atoms with E-state index in [1.165, 1.54) is 12.8 Å². The second-order valence-corrected chi connectivity index (χ2v) is 3.17. The lowest BCUT2D eigenvalue weighted by Crippen LogP contribution is -2.10. The average Bonchev–Trinajstić information content (AvgIpc) is 2.13. The first-order valence-corrected chi connectivity index (χ1v) is 4.37. The summed E-state index contributed by atoms with van der Waals surface area (Å²) in [6.45, 7) is 2.12. The van der Waals surface area contributed by atoms with Crippen LogP contribution < -0.4 is 0 Å². The summed E-state index contributed by atoms with van der Waals surface area (Å²) in [7, 11) is 0. The minimum Gasteiger partial charge on any atom is -0.299 e. The van der Waals surface area contributed by atoms with Crippen molar-refractivity contribution < 1.29 is 4.79 Å². The molecule has 0 N–H and O–H groups in total. The Morgan fingerprint density at radius 2 is 2.20 bits per heavy atom. The lowest BCUT2D eigenvalue weighted by Gasteiger charge is -2.07. The number of Topliss-reactive ketones (excluding diaryl/α,β-unsaturated/α-hetero) is 1. The molecule has 0 spiro atoms. The smallest absolute Gasteiger partial charge is 0.135 e. The highest BCUT2D eigenvalue weighted by Gasteiger charge is 2.17. The third-order valence-electron chi connectivity index (χ3n) is 2.42. The largest absolute Gasteiger partial charge is 0.299 e. The van der Waals surface area contributed by atoms with Crippen LogP contribution >= 0.6 is 0 Å². The van der Waals surface area contributed by atoms with E-state index >= 15 is 0 Å². The molecule has 0 heterocycles. The van der Waals surface area contributed by atoms with Crippen molar-refractivity contribution in [2.75, 3.05) is 0 Å². The summed E-state index contributed by atoms with van der Waals surface area (Å²) in [6.07, 6.45) is 6.72. The number of ketones is 1. The van der Waals surface area contributed by atoms with Gasteiger partial charge in [-0.1, -0.05) is 19.8 Å². The second kappa shape index (κ2) is 3.75. The Morgan fingerprint density at radius 1 is 1.40 bits per heavy atom. The van der Waals surface area contributed by atoms with E-state index in [9.17, 15) is 4.79 Å².